The molecule has 24 heavy (non-hydrogen) atoms. The van der Waals surface area contributed by atoms with Gasteiger partial charge in [-0.25, -0.2) is 4.98 Å². The Balaban J connectivity index is 1.51. The van der Waals surface area contributed by atoms with E-state index in [0.29, 0.717) is 30.6 Å². The van der Waals surface area contributed by atoms with Crippen LogP contribution in [0.25, 0.3) is 11.3 Å². The Kier molecular flexibility index (Phi) is 5.40. The minimum Gasteiger partial charge on any atom is -0.476 e. The average Bonchev–Trinajstić information content (AvgIpc) is 2.98. The van der Waals surface area contributed by atoms with Crippen molar-refractivity contribution in [2.24, 2.45) is 7.05 Å². The van der Waals surface area contributed by atoms with Gasteiger partial charge in [-0.1, -0.05) is 11.6 Å². The molecule has 0 bridgehead atoms. The monoisotopic (exact) mass is 343 g/mol. The predicted octanol–water partition coefficient (Wildman–Crippen LogP) is 2.70. The van der Waals surface area contributed by atoms with Crippen LogP contribution in [0.3, 0.4) is 0 Å². The second kappa shape index (κ2) is 7.90. The Morgan fingerprint density at radius 3 is 2.92 bits per heavy atom. The quantitative estimate of drug-likeness (QED) is 0.668. The third-order valence-corrected chi connectivity index (χ3v) is 3.61. The fourth-order valence-electron chi connectivity index (χ4n) is 2.31. The predicted molar refractivity (Wildman–Crippen MR) is 92.9 cm³/mol. The summed E-state index contributed by atoms with van der Waals surface area (Å²) in [5, 5.41) is 8.47. The largest absolute Gasteiger partial charge is 0.476 e. The maximum Gasteiger partial charge on any atom is 0.213 e. The smallest absolute Gasteiger partial charge is 0.213 e. The second-order valence-electron chi connectivity index (χ2n) is 5.26. The molecule has 0 saturated carbocycles. The molecule has 0 fully saturated rings. The van der Waals surface area contributed by atoms with E-state index in [1.807, 2.05) is 36.3 Å². The lowest BCUT2D eigenvalue weighted by atomic mass is 10.1. The van der Waals surface area contributed by atoms with Crippen LogP contribution in [0.15, 0.2) is 49.1 Å². The fraction of sp³-hybridized carbons (Fsp3) is 0.235. The zero-order valence-electron chi connectivity index (χ0n) is 13.3. The molecule has 0 spiro atoms. The summed E-state index contributed by atoms with van der Waals surface area (Å²) in [6.45, 7) is 1.93. The van der Waals surface area contributed by atoms with E-state index in [1.54, 1.807) is 24.5 Å². The molecule has 0 aliphatic heterocycles. The standard InChI is InChI=1S/C17H18ClN5O/c1-23-12-14(17(22-23)13-3-2-6-19-9-13)10-20-7-8-24-16-5-4-15(18)11-21-16/h2-6,9,11-12,20H,7-8,10H2,1H3. The first-order valence-corrected chi connectivity index (χ1v) is 7.98. The van der Waals surface area contributed by atoms with E-state index in [2.05, 4.69) is 20.4 Å². The molecule has 0 amide bonds. The first kappa shape index (κ1) is 16.4. The van der Waals surface area contributed by atoms with E-state index in [9.17, 15) is 0 Å². The zero-order valence-corrected chi connectivity index (χ0v) is 14.1. The van der Waals surface area contributed by atoms with Gasteiger partial charge in [0.05, 0.1) is 10.7 Å². The summed E-state index contributed by atoms with van der Waals surface area (Å²) < 4.78 is 7.37. The van der Waals surface area contributed by atoms with Crippen LogP contribution in [0.5, 0.6) is 5.88 Å². The first-order valence-electron chi connectivity index (χ1n) is 7.60. The second-order valence-corrected chi connectivity index (χ2v) is 5.69. The van der Waals surface area contributed by atoms with Gasteiger partial charge in [-0.15, -0.1) is 0 Å². The number of pyridine rings is 2. The number of ether oxygens (including phenoxy) is 1. The molecule has 1 N–H and O–H groups in total. The lowest BCUT2D eigenvalue weighted by Gasteiger charge is -2.07. The van der Waals surface area contributed by atoms with Gasteiger partial charge in [0.15, 0.2) is 0 Å². The molecule has 0 unspecified atom stereocenters. The number of nitrogens with one attached hydrogen (secondary N) is 1. The van der Waals surface area contributed by atoms with Crippen molar-refractivity contribution in [2.45, 2.75) is 6.54 Å². The van der Waals surface area contributed by atoms with Crippen LogP contribution in [-0.4, -0.2) is 32.9 Å². The summed E-state index contributed by atoms with van der Waals surface area (Å²) in [5.41, 5.74) is 3.07. The molecule has 3 heterocycles. The van der Waals surface area contributed by atoms with E-state index in [4.69, 9.17) is 16.3 Å². The highest BCUT2D eigenvalue weighted by atomic mass is 35.5. The minimum absolute atomic E-state index is 0.525. The van der Waals surface area contributed by atoms with Crippen LogP contribution in [0, 0.1) is 0 Å². The molecular weight excluding hydrogens is 326 g/mol. The number of hydrogen-bond acceptors (Lipinski definition) is 5. The number of nitrogens with zero attached hydrogens (tertiary/aromatic N) is 4. The molecule has 0 aliphatic carbocycles. The summed E-state index contributed by atoms with van der Waals surface area (Å²) in [6, 6.07) is 7.43. The molecule has 124 valence electrons. The van der Waals surface area contributed by atoms with Crippen LogP contribution in [-0.2, 0) is 13.6 Å². The van der Waals surface area contributed by atoms with Crippen LogP contribution >= 0.6 is 11.6 Å². The van der Waals surface area contributed by atoms with E-state index in [-0.39, 0.29) is 0 Å². The third-order valence-electron chi connectivity index (χ3n) is 3.38. The van der Waals surface area contributed by atoms with Gasteiger partial charge in [0.25, 0.3) is 0 Å². The third kappa shape index (κ3) is 4.31. The highest BCUT2D eigenvalue weighted by Crippen LogP contribution is 2.20. The minimum atomic E-state index is 0.525. The van der Waals surface area contributed by atoms with E-state index < -0.39 is 0 Å². The van der Waals surface area contributed by atoms with Crippen molar-refractivity contribution in [1.82, 2.24) is 25.1 Å². The van der Waals surface area contributed by atoms with Crippen LogP contribution in [0.2, 0.25) is 5.02 Å². The molecule has 3 aromatic heterocycles. The number of aromatic nitrogens is 4. The van der Waals surface area contributed by atoms with Gasteiger partial charge in [0, 0.05) is 62.1 Å². The Morgan fingerprint density at radius 1 is 1.25 bits per heavy atom. The summed E-state index contributed by atoms with van der Waals surface area (Å²) in [4.78, 5) is 8.24. The molecule has 0 radical (unpaired) electrons. The summed E-state index contributed by atoms with van der Waals surface area (Å²) in [5.74, 6) is 0.568. The van der Waals surface area contributed by atoms with Gasteiger partial charge < -0.3 is 10.1 Å². The number of halogens is 1. The highest BCUT2D eigenvalue weighted by Gasteiger charge is 2.09. The molecule has 3 aromatic rings. The SMILES string of the molecule is Cn1cc(CNCCOc2ccc(Cl)cn2)c(-c2cccnc2)n1. The maximum atomic E-state index is 5.79. The van der Waals surface area contributed by atoms with Gasteiger partial charge in [-0.2, -0.15) is 5.10 Å². The molecular formula is C17H18ClN5O. The van der Waals surface area contributed by atoms with Gasteiger partial charge in [0.1, 0.15) is 6.61 Å². The maximum absolute atomic E-state index is 5.79. The highest BCUT2D eigenvalue weighted by molar-refractivity contribution is 6.30. The van der Waals surface area contributed by atoms with Gasteiger partial charge in [-0.05, 0) is 18.2 Å². The zero-order chi connectivity index (χ0) is 16.8. The number of hydrogen-bond donors (Lipinski definition) is 1. The topological polar surface area (TPSA) is 64.9 Å². The fourth-order valence-corrected chi connectivity index (χ4v) is 2.42. The first-order chi connectivity index (χ1) is 11.7. The molecule has 0 atom stereocenters. The van der Waals surface area contributed by atoms with Crippen molar-refractivity contribution in [3.8, 4) is 17.1 Å². The molecule has 6 nitrogen and oxygen atoms in total. The van der Waals surface area contributed by atoms with Gasteiger partial charge in [-0.3, -0.25) is 9.67 Å². The van der Waals surface area contributed by atoms with E-state index in [0.717, 1.165) is 16.8 Å². The molecule has 0 aliphatic rings. The normalized spacial score (nSPS) is 10.8. The van der Waals surface area contributed by atoms with Crippen molar-refractivity contribution in [3.05, 3.63) is 59.6 Å². The summed E-state index contributed by atoms with van der Waals surface area (Å²) in [7, 11) is 1.92. The lowest BCUT2D eigenvalue weighted by Crippen LogP contribution is -2.20. The van der Waals surface area contributed by atoms with Crippen molar-refractivity contribution < 1.29 is 4.74 Å². The Bertz CT molecular complexity index is 773. The van der Waals surface area contributed by atoms with Crippen LogP contribution < -0.4 is 10.1 Å². The van der Waals surface area contributed by atoms with E-state index >= 15 is 0 Å². The molecule has 0 saturated heterocycles. The average molecular weight is 344 g/mol. The molecule has 0 aromatic carbocycles. The lowest BCUT2D eigenvalue weighted by molar-refractivity contribution is 0.302. The van der Waals surface area contributed by atoms with Crippen molar-refractivity contribution in [3.63, 3.8) is 0 Å². The number of rotatable bonds is 7. The summed E-state index contributed by atoms with van der Waals surface area (Å²) >= 11 is 5.79. The van der Waals surface area contributed by atoms with Crippen molar-refractivity contribution >= 4 is 11.6 Å². The van der Waals surface area contributed by atoms with Crippen LogP contribution in [0.4, 0.5) is 0 Å². The van der Waals surface area contributed by atoms with E-state index in [1.165, 1.54) is 0 Å². The van der Waals surface area contributed by atoms with Gasteiger partial charge >= 0.3 is 0 Å². The van der Waals surface area contributed by atoms with Crippen LogP contribution in [0.1, 0.15) is 5.56 Å². The molecule has 7 heteroatoms. The van der Waals surface area contributed by atoms with Crippen molar-refractivity contribution in [1.29, 1.82) is 0 Å². The molecule has 3 rings (SSSR count). The van der Waals surface area contributed by atoms with Gasteiger partial charge in [0.2, 0.25) is 5.88 Å². The summed E-state index contributed by atoms with van der Waals surface area (Å²) in [6.07, 6.45) is 7.16. The Morgan fingerprint density at radius 2 is 2.17 bits per heavy atom. The Hall–Kier alpha value is -2.44. The Labute approximate surface area is 145 Å². The van der Waals surface area contributed by atoms with Crippen molar-refractivity contribution in [2.75, 3.05) is 13.2 Å². The number of aryl methyl sites for hydroxylation is 1.